The summed E-state index contributed by atoms with van der Waals surface area (Å²) in [5.41, 5.74) is 1.54. The predicted molar refractivity (Wildman–Crippen MR) is 138 cm³/mol. The summed E-state index contributed by atoms with van der Waals surface area (Å²) in [6, 6.07) is 6.05. The maximum Gasteiger partial charge on any atom is 0.430 e. The second-order valence-corrected chi connectivity index (χ2v) is 11.5. The summed E-state index contributed by atoms with van der Waals surface area (Å²) < 4.78 is 62.9. The predicted octanol–water partition coefficient (Wildman–Crippen LogP) is -0.0545. The van der Waals surface area contributed by atoms with Gasteiger partial charge in [0, 0.05) is 17.7 Å². The molecule has 17 heteroatoms. The topological polar surface area (TPSA) is 183 Å². The molecule has 0 aliphatic carbocycles. The highest BCUT2D eigenvalue weighted by Crippen LogP contribution is 2.32. The first-order chi connectivity index (χ1) is 19.6. The quantitative estimate of drug-likeness (QED) is 0.113. The van der Waals surface area contributed by atoms with Gasteiger partial charge in [-0.2, -0.15) is 13.2 Å². The molecular formula is C25H31F3N4O9S. The molecule has 2 fully saturated rings. The molecule has 2 amide bonds. The summed E-state index contributed by atoms with van der Waals surface area (Å²) in [4.78, 5) is 45.5. The molecule has 1 aromatic rings. The number of carboxylic acid groups (broad SMARTS) is 1. The minimum Gasteiger partial charge on any atom is -0.542 e. The molecule has 2 aliphatic heterocycles. The Morgan fingerprint density at radius 3 is 2.40 bits per heavy atom. The van der Waals surface area contributed by atoms with E-state index >= 15 is 0 Å². The third-order valence-corrected chi connectivity index (χ3v) is 8.26. The summed E-state index contributed by atoms with van der Waals surface area (Å²) in [5.74, 6) is -4.42. The molecule has 2 bridgehead atoms. The number of ether oxygens (including phenoxy) is 1. The molecule has 13 nitrogen and oxygen atoms in total. The lowest BCUT2D eigenvalue weighted by molar-refractivity contribution is -0.921. The van der Waals surface area contributed by atoms with Gasteiger partial charge in [0.25, 0.3) is 11.8 Å². The number of aliphatic carboxylic acids is 1. The summed E-state index contributed by atoms with van der Waals surface area (Å²) in [6.45, 7) is 6.43. The van der Waals surface area contributed by atoms with E-state index in [0.29, 0.717) is 25.1 Å². The van der Waals surface area contributed by atoms with Gasteiger partial charge in [0.05, 0.1) is 12.2 Å². The molecule has 3 rings (SSSR count). The standard InChI is InChI=1S/C23H30N4O7S.C2HF3O2/c1-3-11-34-22(29)9-10-24-23(30)18-7-5-17(6-8-18)13-27-14-19(25-31)20(15-27)26(21(28)16-27)35(32,33)12-4-2;3-2(4,5)1(6)7/h3,5-8,20H,1,4,9-16H2,2H3,(H-,24,30,31);(H,6,7)/b25-19+;. The molecule has 2 N–H and O–H groups in total. The van der Waals surface area contributed by atoms with Crippen LogP contribution in [0.25, 0.3) is 0 Å². The number of fused-ring (bicyclic) bond motifs is 2. The van der Waals surface area contributed by atoms with Gasteiger partial charge in [0.2, 0.25) is 10.0 Å². The Balaban J connectivity index is 0.000000782. The molecule has 2 saturated heterocycles. The van der Waals surface area contributed by atoms with Crippen molar-refractivity contribution in [1.29, 1.82) is 0 Å². The van der Waals surface area contributed by atoms with Crippen LogP contribution in [0.5, 0.6) is 0 Å². The zero-order chi connectivity index (χ0) is 31.7. The fourth-order valence-corrected chi connectivity index (χ4v) is 6.24. The number of amides is 2. The number of piperazine rings is 1. The number of carbonyl (C=O) groups excluding carboxylic acids is 4. The number of nitrogens with zero attached hydrogens (tertiary/aromatic N) is 3. The molecule has 42 heavy (non-hydrogen) atoms. The van der Waals surface area contributed by atoms with Crippen molar-refractivity contribution in [1.82, 2.24) is 9.62 Å². The fourth-order valence-electron chi connectivity index (χ4n) is 4.58. The first kappa shape index (κ1) is 34.2. The van der Waals surface area contributed by atoms with Crippen LogP contribution in [0.4, 0.5) is 13.2 Å². The number of carbonyl (C=O) groups is 4. The number of carboxylic acids is 1. The lowest BCUT2D eigenvalue weighted by Crippen LogP contribution is -2.61. The SMILES string of the molecule is C=CCOC(=O)CCNC(=O)c1ccc(C[N+]23CC(=O)N(S(=O)(=O)CCC)C(C2)/C(=N/O)C3)cc1.O=C([O-])C(F)(F)F. The zero-order valence-electron chi connectivity index (χ0n) is 22.6. The Bertz CT molecular complexity index is 1320. The van der Waals surface area contributed by atoms with E-state index in [1.807, 2.05) is 0 Å². The summed E-state index contributed by atoms with van der Waals surface area (Å²) >= 11 is 0. The molecular weight excluding hydrogens is 589 g/mol. The number of esters is 1. The van der Waals surface area contributed by atoms with Crippen molar-refractivity contribution in [2.45, 2.75) is 38.5 Å². The fraction of sp³-hybridized carbons (Fsp3) is 0.480. The first-order valence-corrected chi connectivity index (χ1v) is 14.2. The number of oxime groups is 1. The Morgan fingerprint density at radius 1 is 1.26 bits per heavy atom. The summed E-state index contributed by atoms with van der Waals surface area (Å²) in [7, 11) is -3.79. The number of quaternary nitrogens is 1. The van der Waals surface area contributed by atoms with Crippen molar-refractivity contribution < 1.29 is 60.3 Å². The Morgan fingerprint density at radius 2 is 1.88 bits per heavy atom. The van der Waals surface area contributed by atoms with Crippen molar-refractivity contribution >= 4 is 39.5 Å². The van der Waals surface area contributed by atoms with E-state index < -0.39 is 40.1 Å². The largest absolute Gasteiger partial charge is 0.542 e. The van der Waals surface area contributed by atoms with Gasteiger partial charge >= 0.3 is 12.1 Å². The molecule has 2 heterocycles. The minimum atomic E-state index is -5.19. The number of nitrogens with one attached hydrogen (secondary N) is 1. The van der Waals surface area contributed by atoms with Gasteiger partial charge in [-0.15, -0.1) is 0 Å². The highest BCUT2D eigenvalue weighted by molar-refractivity contribution is 7.89. The molecule has 0 saturated carbocycles. The summed E-state index contributed by atoms with van der Waals surface area (Å²) in [5, 5.41) is 24.3. The van der Waals surface area contributed by atoms with Gasteiger partial charge in [-0.05, 0) is 18.6 Å². The van der Waals surface area contributed by atoms with E-state index in [-0.39, 0.29) is 54.5 Å². The molecule has 232 valence electrons. The monoisotopic (exact) mass is 620 g/mol. The van der Waals surface area contributed by atoms with Crippen LogP contribution >= 0.6 is 0 Å². The van der Waals surface area contributed by atoms with E-state index in [0.717, 1.165) is 9.87 Å². The number of rotatable bonds is 11. The van der Waals surface area contributed by atoms with Crippen molar-refractivity contribution in [3.05, 3.63) is 48.0 Å². The Kier molecular flexibility index (Phi) is 11.6. The highest BCUT2D eigenvalue weighted by Gasteiger charge is 2.56. The normalized spacial score (nSPS) is 20.9. The third kappa shape index (κ3) is 9.01. The van der Waals surface area contributed by atoms with Crippen LogP contribution < -0.4 is 10.4 Å². The smallest absolute Gasteiger partial charge is 0.430 e. The molecule has 0 spiro atoms. The van der Waals surface area contributed by atoms with Crippen molar-refractivity contribution in [2.75, 3.05) is 38.5 Å². The van der Waals surface area contributed by atoms with Gasteiger partial charge in [-0.3, -0.25) is 14.4 Å². The average Bonchev–Trinajstić information content (AvgIpc) is 3.18. The van der Waals surface area contributed by atoms with Gasteiger partial charge in [0.1, 0.15) is 44.0 Å². The molecule has 0 radical (unpaired) electrons. The van der Waals surface area contributed by atoms with E-state index in [9.17, 15) is 41.2 Å². The molecule has 1 aromatic carbocycles. The second kappa shape index (κ2) is 14.3. The Hall–Kier alpha value is -3.99. The third-order valence-electron chi connectivity index (χ3n) is 6.27. The molecule has 2 aliphatic rings. The number of sulfonamides is 1. The van der Waals surface area contributed by atoms with Crippen LogP contribution in [-0.2, 0) is 35.7 Å². The van der Waals surface area contributed by atoms with Crippen molar-refractivity contribution in [2.24, 2.45) is 5.16 Å². The summed E-state index contributed by atoms with van der Waals surface area (Å²) in [6.07, 6.45) is -3.30. The van der Waals surface area contributed by atoms with E-state index in [4.69, 9.17) is 14.6 Å². The second-order valence-electron chi connectivity index (χ2n) is 9.57. The lowest BCUT2D eigenvalue weighted by atomic mass is 10.1. The minimum absolute atomic E-state index is 0.0251. The van der Waals surface area contributed by atoms with Crippen LogP contribution in [0, 0.1) is 0 Å². The van der Waals surface area contributed by atoms with Gasteiger partial charge < -0.3 is 29.6 Å². The molecule has 0 aromatic heterocycles. The van der Waals surface area contributed by atoms with Gasteiger partial charge in [-0.25, -0.2) is 12.7 Å². The van der Waals surface area contributed by atoms with Crippen LogP contribution in [0.15, 0.2) is 42.1 Å². The number of halogens is 3. The van der Waals surface area contributed by atoms with E-state index in [1.165, 1.54) is 6.08 Å². The van der Waals surface area contributed by atoms with Crippen LogP contribution in [0.3, 0.4) is 0 Å². The maximum atomic E-state index is 12.9. The van der Waals surface area contributed by atoms with Crippen LogP contribution in [0.1, 0.15) is 35.7 Å². The van der Waals surface area contributed by atoms with Gasteiger partial charge in [0.15, 0.2) is 6.54 Å². The average molecular weight is 621 g/mol. The van der Waals surface area contributed by atoms with Crippen LogP contribution in [0.2, 0.25) is 0 Å². The van der Waals surface area contributed by atoms with Crippen LogP contribution in [-0.4, -0.2) is 103 Å². The highest BCUT2D eigenvalue weighted by atomic mass is 32.2. The number of benzene rings is 1. The number of hydrogen-bond acceptors (Lipinski definition) is 10. The van der Waals surface area contributed by atoms with Crippen molar-refractivity contribution in [3.8, 4) is 0 Å². The number of alkyl halides is 3. The Labute approximate surface area is 239 Å². The molecule has 2 atom stereocenters. The molecule has 2 unspecified atom stereocenters. The maximum absolute atomic E-state index is 12.9. The van der Waals surface area contributed by atoms with Gasteiger partial charge in [-0.1, -0.05) is 36.9 Å². The zero-order valence-corrected chi connectivity index (χ0v) is 23.4. The van der Waals surface area contributed by atoms with Crippen molar-refractivity contribution in [3.63, 3.8) is 0 Å². The van der Waals surface area contributed by atoms with E-state index in [1.54, 1.807) is 31.2 Å². The first-order valence-electron chi connectivity index (χ1n) is 12.6. The number of hydrogen-bond donors (Lipinski definition) is 2. The van der Waals surface area contributed by atoms with E-state index in [2.05, 4.69) is 17.1 Å². The lowest BCUT2D eigenvalue weighted by Gasteiger charge is -2.39.